The first-order chi connectivity index (χ1) is 9.72. The Morgan fingerprint density at radius 3 is 2.67 bits per heavy atom. The Balaban J connectivity index is 1.91. The van der Waals surface area contributed by atoms with Crippen LogP contribution in [0, 0.1) is 11.3 Å². The number of carbonyl (C=O) groups excluding carboxylic acids is 1. The fraction of sp³-hybridized carbons (Fsp3) is 0.929. The summed E-state index contributed by atoms with van der Waals surface area (Å²) < 4.78 is 37.4. The van der Waals surface area contributed by atoms with Crippen LogP contribution in [0.25, 0.3) is 0 Å². The molecule has 2 N–H and O–H groups in total. The Morgan fingerprint density at radius 2 is 2.10 bits per heavy atom. The van der Waals surface area contributed by atoms with Crippen LogP contribution in [-0.4, -0.2) is 61.2 Å². The zero-order valence-corrected chi connectivity index (χ0v) is 12.5. The fourth-order valence-electron chi connectivity index (χ4n) is 3.29. The SMILES string of the molecule is CC1(CN)CCN(C(=O)C2CCCN(CC(F)(F)F)C2)C1. The molecule has 1 amide bonds. The zero-order chi connectivity index (χ0) is 15.7. The van der Waals surface area contributed by atoms with Crippen molar-refractivity contribution in [3.8, 4) is 0 Å². The number of carbonyl (C=O) groups is 1. The summed E-state index contributed by atoms with van der Waals surface area (Å²) in [7, 11) is 0. The summed E-state index contributed by atoms with van der Waals surface area (Å²) in [5.41, 5.74) is 5.68. The van der Waals surface area contributed by atoms with Crippen molar-refractivity contribution in [1.29, 1.82) is 0 Å². The van der Waals surface area contributed by atoms with Gasteiger partial charge in [-0.3, -0.25) is 9.69 Å². The quantitative estimate of drug-likeness (QED) is 0.859. The van der Waals surface area contributed by atoms with Crippen LogP contribution >= 0.6 is 0 Å². The van der Waals surface area contributed by atoms with E-state index in [9.17, 15) is 18.0 Å². The topological polar surface area (TPSA) is 49.6 Å². The van der Waals surface area contributed by atoms with Crippen LogP contribution in [0.2, 0.25) is 0 Å². The van der Waals surface area contributed by atoms with E-state index in [-0.39, 0.29) is 23.8 Å². The lowest BCUT2D eigenvalue weighted by Crippen LogP contribution is -2.47. The molecule has 122 valence electrons. The molecule has 21 heavy (non-hydrogen) atoms. The average molecular weight is 307 g/mol. The van der Waals surface area contributed by atoms with Crippen LogP contribution in [0.15, 0.2) is 0 Å². The third-order valence-corrected chi connectivity index (χ3v) is 4.62. The first-order valence-electron chi connectivity index (χ1n) is 7.50. The molecule has 2 fully saturated rings. The van der Waals surface area contributed by atoms with E-state index in [0.717, 1.165) is 6.42 Å². The molecule has 7 heteroatoms. The number of piperidine rings is 1. The van der Waals surface area contributed by atoms with Crippen LogP contribution in [0.4, 0.5) is 13.2 Å². The molecule has 0 radical (unpaired) electrons. The second-order valence-electron chi connectivity index (χ2n) is 6.71. The molecule has 2 atom stereocenters. The standard InChI is InChI=1S/C14H24F3N3O/c1-13(8-18)4-6-20(9-13)12(21)11-3-2-5-19(7-11)10-14(15,16)17/h11H,2-10,18H2,1H3. The van der Waals surface area contributed by atoms with Crippen LogP contribution in [-0.2, 0) is 4.79 Å². The van der Waals surface area contributed by atoms with Gasteiger partial charge in [-0.1, -0.05) is 6.92 Å². The molecule has 2 saturated heterocycles. The van der Waals surface area contributed by atoms with Crippen LogP contribution in [0.5, 0.6) is 0 Å². The molecule has 0 aromatic carbocycles. The number of alkyl halides is 3. The van der Waals surface area contributed by atoms with Gasteiger partial charge in [-0.15, -0.1) is 0 Å². The van der Waals surface area contributed by atoms with Crippen LogP contribution < -0.4 is 5.73 Å². The lowest BCUT2D eigenvalue weighted by atomic mass is 9.90. The minimum Gasteiger partial charge on any atom is -0.342 e. The van der Waals surface area contributed by atoms with Gasteiger partial charge in [-0.2, -0.15) is 13.2 Å². The Morgan fingerprint density at radius 1 is 1.38 bits per heavy atom. The highest BCUT2D eigenvalue weighted by Gasteiger charge is 2.39. The third kappa shape index (κ3) is 4.32. The van der Waals surface area contributed by atoms with E-state index >= 15 is 0 Å². The molecule has 0 bridgehead atoms. The van der Waals surface area contributed by atoms with Crippen molar-refractivity contribution < 1.29 is 18.0 Å². The second kappa shape index (κ2) is 6.12. The number of nitrogens with two attached hydrogens (primary N) is 1. The van der Waals surface area contributed by atoms with Gasteiger partial charge < -0.3 is 10.6 Å². The third-order valence-electron chi connectivity index (χ3n) is 4.62. The molecule has 2 unspecified atom stereocenters. The average Bonchev–Trinajstić information content (AvgIpc) is 2.80. The van der Waals surface area contributed by atoms with E-state index in [1.807, 2.05) is 0 Å². The summed E-state index contributed by atoms with van der Waals surface area (Å²) in [5, 5.41) is 0. The summed E-state index contributed by atoms with van der Waals surface area (Å²) in [5.74, 6) is -0.305. The Bertz CT molecular complexity index is 388. The Kier molecular flexibility index (Phi) is 4.82. The minimum atomic E-state index is -4.20. The maximum Gasteiger partial charge on any atom is 0.401 e. The molecule has 0 aromatic heterocycles. The van der Waals surface area contributed by atoms with Gasteiger partial charge in [-0.25, -0.2) is 0 Å². The van der Waals surface area contributed by atoms with Gasteiger partial charge >= 0.3 is 6.18 Å². The predicted octanol–water partition coefficient (Wildman–Crippen LogP) is 1.46. The molecule has 0 aromatic rings. The minimum absolute atomic E-state index is 0.000880. The maximum atomic E-state index is 12.5. The highest BCUT2D eigenvalue weighted by atomic mass is 19.4. The van der Waals surface area contributed by atoms with Gasteiger partial charge in [0.05, 0.1) is 12.5 Å². The predicted molar refractivity (Wildman–Crippen MR) is 73.6 cm³/mol. The molecular formula is C14H24F3N3O. The summed E-state index contributed by atoms with van der Waals surface area (Å²) in [6.45, 7) is 3.59. The smallest absolute Gasteiger partial charge is 0.342 e. The van der Waals surface area contributed by atoms with Crippen molar-refractivity contribution in [1.82, 2.24) is 9.80 Å². The van der Waals surface area contributed by atoms with E-state index in [1.54, 1.807) is 4.90 Å². The first kappa shape index (κ1) is 16.5. The van der Waals surface area contributed by atoms with E-state index in [4.69, 9.17) is 5.73 Å². The summed E-state index contributed by atoms with van der Waals surface area (Å²) in [6.07, 6.45) is -2.00. The highest BCUT2D eigenvalue weighted by molar-refractivity contribution is 5.79. The van der Waals surface area contributed by atoms with Crippen molar-refractivity contribution in [2.24, 2.45) is 17.1 Å². The molecule has 2 heterocycles. The first-order valence-corrected chi connectivity index (χ1v) is 7.50. The van der Waals surface area contributed by atoms with E-state index in [0.29, 0.717) is 39.0 Å². The normalized spacial score (nSPS) is 31.7. The largest absolute Gasteiger partial charge is 0.401 e. The molecule has 2 aliphatic rings. The van der Waals surface area contributed by atoms with Crippen LogP contribution in [0.1, 0.15) is 26.2 Å². The van der Waals surface area contributed by atoms with Gasteiger partial charge in [0, 0.05) is 19.6 Å². The number of hydrogen-bond donors (Lipinski definition) is 1. The molecule has 2 rings (SSSR count). The van der Waals surface area contributed by atoms with Crippen LogP contribution in [0.3, 0.4) is 0 Å². The van der Waals surface area contributed by atoms with Gasteiger partial charge in [-0.05, 0) is 37.8 Å². The lowest BCUT2D eigenvalue weighted by molar-refractivity contribution is -0.154. The summed E-state index contributed by atoms with van der Waals surface area (Å²) in [6, 6.07) is 0. The van der Waals surface area contributed by atoms with Crippen molar-refractivity contribution in [3.05, 3.63) is 0 Å². The molecular weight excluding hydrogens is 283 g/mol. The van der Waals surface area contributed by atoms with Crippen molar-refractivity contribution in [3.63, 3.8) is 0 Å². The number of likely N-dealkylation sites (tertiary alicyclic amines) is 2. The van der Waals surface area contributed by atoms with Gasteiger partial charge in [0.1, 0.15) is 0 Å². The maximum absolute atomic E-state index is 12.5. The molecule has 2 aliphatic heterocycles. The van der Waals surface area contributed by atoms with Gasteiger partial charge in [0.2, 0.25) is 5.91 Å². The summed E-state index contributed by atoms with van der Waals surface area (Å²) in [4.78, 5) is 15.6. The number of amides is 1. The van der Waals surface area contributed by atoms with E-state index in [2.05, 4.69) is 6.92 Å². The number of hydrogen-bond acceptors (Lipinski definition) is 3. The lowest BCUT2D eigenvalue weighted by Gasteiger charge is -2.34. The molecule has 0 spiro atoms. The van der Waals surface area contributed by atoms with Gasteiger partial charge in [0.15, 0.2) is 0 Å². The highest BCUT2D eigenvalue weighted by Crippen LogP contribution is 2.31. The second-order valence-corrected chi connectivity index (χ2v) is 6.71. The van der Waals surface area contributed by atoms with Crippen molar-refractivity contribution >= 4 is 5.91 Å². The Hall–Kier alpha value is -0.820. The molecule has 4 nitrogen and oxygen atoms in total. The zero-order valence-electron chi connectivity index (χ0n) is 12.5. The molecule has 0 saturated carbocycles. The summed E-state index contributed by atoms with van der Waals surface area (Å²) >= 11 is 0. The van der Waals surface area contributed by atoms with E-state index < -0.39 is 12.7 Å². The molecule has 0 aliphatic carbocycles. The number of halogens is 3. The van der Waals surface area contributed by atoms with E-state index in [1.165, 1.54) is 4.90 Å². The fourth-order valence-corrected chi connectivity index (χ4v) is 3.29. The van der Waals surface area contributed by atoms with Crippen molar-refractivity contribution in [2.45, 2.75) is 32.4 Å². The number of nitrogens with zero attached hydrogens (tertiary/aromatic N) is 2. The monoisotopic (exact) mass is 307 g/mol. The van der Waals surface area contributed by atoms with Crippen molar-refractivity contribution in [2.75, 3.05) is 39.3 Å². The number of rotatable bonds is 3. The van der Waals surface area contributed by atoms with Gasteiger partial charge in [0.25, 0.3) is 0 Å². The Labute approximate surface area is 123 Å².